The van der Waals surface area contributed by atoms with E-state index in [9.17, 15) is 4.79 Å². The highest BCUT2D eigenvalue weighted by Gasteiger charge is 2.33. The van der Waals surface area contributed by atoms with E-state index in [-0.39, 0.29) is 12.0 Å². The number of para-hydroxylation sites is 1. The van der Waals surface area contributed by atoms with E-state index in [1.54, 1.807) is 6.20 Å². The van der Waals surface area contributed by atoms with Crippen molar-refractivity contribution < 1.29 is 9.53 Å². The summed E-state index contributed by atoms with van der Waals surface area (Å²) in [6, 6.07) is 15.7. The number of rotatable bonds is 5. The highest BCUT2D eigenvalue weighted by atomic mass is 16.5. The Morgan fingerprint density at radius 3 is 2.81 bits per heavy atom. The van der Waals surface area contributed by atoms with Gasteiger partial charge in [-0.25, -0.2) is 0 Å². The van der Waals surface area contributed by atoms with Crippen molar-refractivity contribution in [3.8, 4) is 16.9 Å². The predicted octanol–water partition coefficient (Wildman–Crippen LogP) is 3.54. The Kier molecular flexibility index (Phi) is 4.44. The van der Waals surface area contributed by atoms with Gasteiger partial charge < -0.3 is 9.64 Å². The van der Waals surface area contributed by atoms with Gasteiger partial charge in [0.2, 0.25) is 0 Å². The van der Waals surface area contributed by atoms with Gasteiger partial charge in [-0.3, -0.25) is 9.89 Å². The molecule has 0 saturated carbocycles. The van der Waals surface area contributed by atoms with Gasteiger partial charge in [0, 0.05) is 17.3 Å². The maximum absolute atomic E-state index is 12.7. The average Bonchev–Trinajstić information content (AvgIpc) is 3.19. The Bertz CT molecular complexity index is 899. The smallest absolute Gasteiger partial charge is 0.254 e. The van der Waals surface area contributed by atoms with Crippen molar-refractivity contribution in [1.82, 2.24) is 15.1 Å². The molecule has 0 radical (unpaired) electrons. The molecule has 0 atom stereocenters. The van der Waals surface area contributed by atoms with E-state index in [4.69, 9.17) is 4.74 Å². The fourth-order valence-corrected chi connectivity index (χ4v) is 3.19. The summed E-state index contributed by atoms with van der Waals surface area (Å²) in [6.45, 7) is 3.35. The first-order valence-corrected chi connectivity index (χ1v) is 8.87. The molecule has 1 aliphatic rings. The van der Waals surface area contributed by atoms with E-state index in [2.05, 4.69) is 23.2 Å². The van der Waals surface area contributed by atoms with E-state index in [1.165, 1.54) is 5.56 Å². The van der Waals surface area contributed by atoms with E-state index in [0.717, 1.165) is 23.3 Å². The molecule has 1 aliphatic heterocycles. The van der Waals surface area contributed by atoms with Crippen LogP contribution in [0.4, 0.5) is 0 Å². The van der Waals surface area contributed by atoms with E-state index in [1.807, 2.05) is 53.6 Å². The molecule has 5 nitrogen and oxygen atoms in total. The quantitative estimate of drug-likeness (QED) is 0.768. The number of carbonyl (C=O) groups is 1. The van der Waals surface area contributed by atoms with Crippen molar-refractivity contribution in [2.75, 3.05) is 13.1 Å². The summed E-state index contributed by atoms with van der Waals surface area (Å²) in [5.74, 6) is 0.966. The van der Waals surface area contributed by atoms with Crippen LogP contribution in [0.1, 0.15) is 22.8 Å². The molecular formula is C21H21N3O2. The molecule has 1 saturated heterocycles. The predicted molar refractivity (Wildman–Crippen MR) is 100 cm³/mol. The van der Waals surface area contributed by atoms with Crippen LogP contribution in [-0.4, -0.2) is 40.2 Å². The van der Waals surface area contributed by atoms with Crippen molar-refractivity contribution in [2.24, 2.45) is 0 Å². The van der Waals surface area contributed by atoms with Crippen LogP contribution in [-0.2, 0) is 6.42 Å². The molecular weight excluding hydrogens is 326 g/mol. The van der Waals surface area contributed by atoms with Gasteiger partial charge in [-0.05, 0) is 35.7 Å². The van der Waals surface area contributed by atoms with Crippen LogP contribution < -0.4 is 4.74 Å². The lowest BCUT2D eigenvalue weighted by atomic mass is 10.0. The van der Waals surface area contributed by atoms with Gasteiger partial charge in [-0.1, -0.05) is 37.3 Å². The lowest BCUT2D eigenvalue weighted by Crippen LogP contribution is -2.56. The molecule has 3 aromatic rings. The standard InChI is InChI=1S/C21H21N3O2/c1-2-15-6-3-4-9-20(15)26-19-13-24(14-19)21(25)17-8-5-7-16(10-17)18-11-22-23-12-18/h3-12,19H,2,13-14H2,1H3,(H,22,23). The van der Waals surface area contributed by atoms with Gasteiger partial charge in [0.25, 0.3) is 5.91 Å². The van der Waals surface area contributed by atoms with E-state index in [0.29, 0.717) is 18.7 Å². The number of amides is 1. The van der Waals surface area contributed by atoms with Crippen molar-refractivity contribution in [3.05, 3.63) is 72.1 Å². The third kappa shape index (κ3) is 3.20. The largest absolute Gasteiger partial charge is 0.486 e. The Hall–Kier alpha value is -3.08. The normalized spacial score (nSPS) is 14.1. The van der Waals surface area contributed by atoms with Crippen LogP contribution in [0.25, 0.3) is 11.1 Å². The first-order chi connectivity index (χ1) is 12.7. The fraction of sp³-hybridized carbons (Fsp3) is 0.238. The van der Waals surface area contributed by atoms with Crippen LogP contribution in [0.3, 0.4) is 0 Å². The van der Waals surface area contributed by atoms with Crippen molar-refractivity contribution >= 4 is 5.91 Å². The Morgan fingerprint density at radius 1 is 1.19 bits per heavy atom. The third-order valence-electron chi connectivity index (χ3n) is 4.72. The third-order valence-corrected chi connectivity index (χ3v) is 4.72. The summed E-state index contributed by atoms with van der Waals surface area (Å²) >= 11 is 0. The molecule has 0 bridgehead atoms. The SMILES string of the molecule is CCc1ccccc1OC1CN(C(=O)c2cccc(-c3cn[nH]c3)c2)C1. The second kappa shape index (κ2) is 7.04. The van der Waals surface area contributed by atoms with Gasteiger partial charge in [0.05, 0.1) is 19.3 Å². The number of likely N-dealkylation sites (tertiary alicyclic amines) is 1. The monoisotopic (exact) mass is 347 g/mol. The zero-order chi connectivity index (χ0) is 17.9. The average molecular weight is 347 g/mol. The van der Waals surface area contributed by atoms with Crippen LogP contribution >= 0.6 is 0 Å². The molecule has 0 aliphatic carbocycles. The molecule has 1 amide bonds. The molecule has 2 aromatic carbocycles. The minimum absolute atomic E-state index is 0.0407. The molecule has 0 unspecified atom stereocenters. The molecule has 2 heterocycles. The molecule has 5 heteroatoms. The number of nitrogens with one attached hydrogen (secondary N) is 1. The number of nitrogens with zero attached hydrogens (tertiary/aromatic N) is 2. The van der Waals surface area contributed by atoms with Gasteiger partial charge in [0.1, 0.15) is 11.9 Å². The minimum atomic E-state index is 0.0407. The molecule has 132 valence electrons. The minimum Gasteiger partial charge on any atom is -0.486 e. The maximum atomic E-state index is 12.7. The summed E-state index contributed by atoms with van der Waals surface area (Å²) in [7, 11) is 0. The first-order valence-electron chi connectivity index (χ1n) is 8.87. The van der Waals surface area contributed by atoms with Crippen LogP contribution in [0.2, 0.25) is 0 Å². The molecule has 26 heavy (non-hydrogen) atoms. The molecule has 4 rings (SSSR count). The summed E-state index contributed by atoms with van der Waals surface area (Å²) in [5.41, 5.74) is 3.84. The topological polar surface area (TPSA) is 58.2 Å². The summed E-state index contributed by atoms with van der Waals surface area (Å²) in [5, 5.41) is 6.76. The summed E-state index contributed by atoms with van der Waals surface area (Å²) < 4.78 is 6.06. The van der Waals surface area contributed by atoms with Crippen molar-refractivity contribution in [1.29, 1.82) is 0 Å². The second-order valence-corrected chi connectivity index (χ2v) is 6.48. The number of H-pyrrole nitrogens is 1. The molecule has 1 N–H and O–H groups in total. The number of hydrogen-bond donors (Lipinski definition) is 1. The Labute approximate surface area is 152 Å². The highest BCUT2D eigenvalue weighted by molar-refractivity contribution is 5.96. The van der Waals surface area contributed by atoms with E-state index >= 15 is 0 Å². The summed E-state index contributed by atoms with van der Waals surface area (Å²) in [4.78, 5) is 14.5. The van der Waals surface area contributed by atoms with Gasteiger partial charge in [-0.15, -0.1) is 0 Å². The molecule has 1 fully saturated rings. The maximum Gasteiger partial charge on any atom is 0.254 e. The number of benzene rings is 2. The number of ether oxygens (including phenoxy) is 1. The van der Waals surface area contributed by atoms with E-state index < -0.39 is 0 Å². The van der Waals surface area contributed by atoms with Crippen molar-refractivity contribution in [2.45, 2.75) is 19.4 Å². The van der Waals surface area contributed by atoms with Gasteiger partial charge >= 0.3 is 0 Å². The molecule has 0 spiro atoms. The number of aromatic amines is 1. The highest BCUT2D eigenvalue weighted by Crippen LogP contribution is 2.25. The zero-order valence-corrected chi connectivity index (χ0v) is 14.7. The fourth-order valence-electron chi connectivity index (χ4n) is 3.19. The number of carbonyl (C=O) groups excluding carboxylic acids is 1. The van der Waals surface area contributed by atoms with Crippen LogP contribution in [0.5, 0.6) is 5.75 Å². The molecule has 1 aromatic heterocycles. The second-order valence-electron chi connectivity index (χ2n) is 6.48. The van der Waals surface area contributed by atoms with Crippen molar-refractivity contribution in [3.63, 3.8) is 0 Å². The number of aryl methyl sites for hydroxylation is 1. The lowest BCUT2D eigenvalue weighted by molar-refractivity contribution is 0.0174. The van der Waals surface area contributed by atoms with Gasteiger partial charge in [-0.2, -0.15) is 5.10 Å². The first kappa shape index (κ1) is 16.4. The number of hydrogen-bond acceptors (Lipinski definition) is 3. The number of aromatic nitrogens is 2. The Morgan fingerprint density at radius 2 is 2.04 bits per heavy atom. The Balaban J connectivity index is 1.40. The van der Waals surface area contributed by atoms with Crippen LogP contribution in [0.15, 0.2) is 60.9 Å². The lowest BCUT2D eigenvalue weighted by Gasteiger charge is -2.39. The zero-order valence-electron chi connectivity index (χ0n) is 14.7. The van der Waals surface area contributed by atoms with Gasteiger partial charge in [0.15, 0.2) is 0 Å². The van der Waals surface area contributed by atoms with Crippen LogP contribution in [0, 0.1) is 0 Å². The summed E-state index contributed by atoms with van der Waals surface area (Å²) in [6.07, 6.45) is 4.57.